The minimum atomic E-state index is 0.675. The van der Waals surface area contributed by atoms with Gasteiger partial charge in [0.05, 0.1) is 11.0 Å². The van der Waals surface area contributed by atoms with E-state index in [-0.39, 0.29) is 0 Å². The molecule has 2 aromatic carbocycles. The SMILES string of the molecule is c1cncc(-c2nccc(-n3c4ccccc4c4cc5ccsc5cc43)n2)c1. The second kappa shape index (κ2) is 5.97. The van der Waals surface area contributed by atoms with Crippen LogP contribution < -0.4 is 0 Å². The molecule has 4 nitrogen and oxygen atoms in total. The molecule has 28 heavy (non-hydrogen) atoms. The Labute approximate surface area is 164 Å². The fourth-order valence-corrected chi connectivity index (χ4v) is 4.58. The molecule has 0 unspecified atom stereocenters. The average Bonchev–Trinajstić information content (AvgIpc) is 3.34. The van der Waals surface area contributed by atoms with Crippen molar-refractivity contribution in [1.82, 2.24) is 19.5 Å². The third-order valence-corrected chi connectivity index (χ3v) is 5.92. The highest BCUT2D eigenvalue weighted by Crippen LogP contribution is 2.35. The first-order valence-corrected chi connectivity index (χ1v) is 9.91. The number of hydrogen-bond acceptors (Lipinski definition) is 4. The Balaban J connectivity index is 1.69. The number of pyridine rings is 1. The molecule has 132 valence electrons. The van der Waals surface area contributed by atoms with Gasteiger partial charge in [0.1, 0.15) is 5.82 Å². The summed E-state index contributed by atoms with van der Waals surface area (Å²) in [7, 11) is 0. The van der Waals surface area contributed by atoms with Crippen LogP contribution >= 0.6 is 11.3 Å². The van der Waals surface area contributed by atoms with Crippen LogP contribution in [0.1, 0.15) is 0 Å². The Kier molecular flexibility index (Phi) is 3.30. The molecule has 4 heterocycles. The molecule has 0 atom stereocenters. The summed E-state index contributed by atoms with van der Waals surface area (Å²) in [5.41, 5.74) is 3.21. The zero-order valence-corrected chi connectivity index (χ0v) is 15.6. The van der Waals surface area contributed by atoms with E-state index >= 15 is 0 Å². The molecular weight excluding hydrogens is 364 g/mol. The summed E-state index contributed by atoms with van der Waals surface area (Å²) in [4.78, 5) is 13.5. The molecule has 0 bridgehead atoms. The van der Waals surface area contributed by atoms with Crippen LogP contribution in [0.2, 0.25) is 0 Å². The lowest BCUT2D eigenvalue weighted by molar-refractivity contribution is 1.04. The van der Waals surface area contributed by atoms with Crippen LogP contribution in [0.15, 0.2) is 84.6 Å². The van der Waals surface area contributed by atoms with Gasteiger partial charge in [0.2, 0.25) is 0 Å². The zero-order valence-electron chi connectivity index (χ0n) is 14.8. The van der Waals surface area contributed by atoms with Crippen molar-refractivity contribution >= 4 is 43.2 Å². The van der Waals surface area contributed by atoms with Gasteiger partial charge >= 0.3 is 0 Å². The van der Waals surface area contributed by atoms with Gasteiger partial charge in [0.25, 0.3) is 0 Å². The van der Waals surface area contributed by atoms with Crippen LogP contribution in [0.4, 0.5) is 0 Å². The first kappa shape index (κ1) is 15.5. The largest absolute Gasteiger partial charge is 0.294 e. The topological polar surface area (TPSA) is 43.6 Å². The van der Waals surface area contributed by atoms with Crippen molar-refractivity contribution < 1.29 is 0 Å². The molecule has 6 aromatic rings. The van der Waals surface area contributed by atoms with Gasteiger partial charge < -0.3 is 0 Å². The number of thiophene rings is 1. The van der Waals surface area contributed by atoms with Gasteiger partial charge in [-0.1, -0.05) is 18.2 Å². The van der Waals surface area contributed by atoms with Crippen LogP contribution in [0.25, 0.3) is 49.1 Å². The van der Waals surface area contributed by atoms with Gasteiger partial charge in [-0.15, -0.1) is 11.3 Å². The van der Waals surface area contributed by atoms with E-state index in [1.807, 2.05) is 24.4 Å². The fourth-order valence-electron chi connectivity index (χ4n) is 3.78. The molecule has 4 aromatic heterocycles. The maximum Gasteiger partial charge on any atom is 0.163 e. The second-order valence-electron chi connectivity index (χ2n) is 6.66. The molecule has 0 N–H and O–H groups in total. The van der Waals surface area contributed by atoms with Crippen LogP contribution in [0.3, 0.4) is 0 Å². The third-order valence-electron chi connectivity index (χ3n) is 5.04. The molecule has 0 aliphatic rings. The minimum Gasteiger partial charge on any atom is -0.294 e. The predicted molar refractivity (Wildman–Crippen MR) is 115 cm³/mol. The maximum absolute atomic E-state index is 4.87. The van der Waals surface area contributed by atoms with Crippen molar-refractivity contribution in [3.8, 4) is 17.2 Å². The third kappa shape index (κ3) is 2.27. The minimum absolute atomic E-state index is 0.675. The predicted octanol–water partition coefficient (Wildman–Crippen LogP) is 5.85. The summed E-state index contributed by atoms with van der Waals surface area (Å²) >= 11 is 1.76. The average molecular weight is 378 g/mol. The summed E-state index contributed by atoms with van der Waals surface area (Å²) in [6, 6.07) is 21.1. The Hall–Kier alpha value is -3.57. The number of nitrogens with zero attached hydrogens (tertiary/aromatic N) is 4. The first-order valence-electron chi connectivity index (χ1n) is 9.03. The van der Waals surface area contributed by atoms with E-state index in [1.165, 1.54) is 20.9 Å². The van der Waals surface area contributed by atoms with Crippen molar-refractivity contribution in [2.75, 3.05) is 0 Å². The lowest BCUT2D eigenvalue weighted by Gasteiger charge is -2.08. The lowest BCUT2D eigenvalue weighted by Crippen LogP contribution is -2.00. The van der Waals surface area contributed by atoms with E-state index in [4.69, 9.17) is 4.98 Å². The number of benzene rings is 2. The summed E-state index contributed by atoms with van der Waals surface area (Å²) in [6.45, 7) is 0. The molecule has 0 saturated heterocycles. The van der Waals surface area contributed by atoms with Crippen molar-refractivity contribution in [2.24, 2.45) is 0 Å². The van der Waals surface area contributed by atoms with Crippen LogP contribution in [-0.4, -0.2) is 19.5 Å². The van der Waals surface area contributed by atoms with Gasteiger partial charge in [0, 0.05) is 39.6 Å². The highest BCUT2D eigenvalue weighted by Gasteiger charge is 2.15. The Morgan fingerprint density at radius 3 is 2.71 bits per heavy atom. The van der Waals surface area contributed by atoms with Crippen LogP contribution in [0.5, 0.6) is 0 Å². The summed E-state index contributed by atoms with van der Waals surface area (Å²) < 4.78 is 3.50. The number of fused-ring (bicyclic) bond motifs is 4. The molecule has 0 aliphatic heterocycles. The van der Waals surface area contributed by atoms with Gasteiger partial charge in [-0.2, -0.15) is 0 Å². The molecule has 6 rings (SSSR count). The van der Waals surface area contributed by atoms with Crippen LogP contribution in [0, 0.1) is 0 Å². The van der Waals surface area contributed by atoms with Gasteiger partial charge in [0.15, 0.2) is 5.82 Å². The number of aromatic nitrogens is 4. The number of para-hydroxylation sites is 1. The maximum atomic E-state index is 4.87. The number of hydrogen-bond donors (Lipinski definition) is 0. The molecule has 0 aliphatic carbocycles. The summed E-state index contributed by atoms with van der Waals surface area (Å²) in [5.74, 6) is 1.53. The van der Waals surface area contributed by atoms with Crippen LogP contribution in [-0.2, 0) is 0 Å². The second-order valence-corrected chi connectivity index (χ2v) is 7.61. The van der Waals surface area contributed by atoms with Gasteiger partial charge in [-0.25, -0.2) is 9.97 Å². The molecule has 5 heteroatoms. The normalized spacial score (nSPS) is 11.6. The molecular formula is C23H14N4S. The number of rotatable bonds is 2. The lowest BCUT2D eigenvalue weighted by atomic mass is 10.1. The Morgan fingerprint density at radius 2 is 1.79 bits per heavy atom. The van der Waals surface area contributed by atoms with E-state index in [0.717, 1.165) is 22.4 Å². The van der Waals surface area contributed by atoms with Gasteiger partial charge in [-0.05, 0) is 53.2 Å². The Morgan fingerprint density at radius 1 is 0.821 bits per heavy atom. The molecule has 0 spiro atoms. The van der Waals surface area contributed by atoms with E-state index < -0.39 is 0 Å². The first-order chi connectivity index (χ1) is 13.9. The highest BCUT2D eigenvalue weighted by molar-refractivity contribution is 7.17. The quantitative estimate of drug-likeness (QED) is 0.379. The van der Waals surface area contributed by atoms with E-state index in [9.17, 15) is 0 Å². The van der Waals surface area contributed by atoms with E-state index in [0.29, 0.717) is 5.82 Å². The van der Waals surface area contributed by atoms with Crippen molar-refractivity contribution in [3.05, 3.63) is 84.6 Å². The van der Waals surface area contributed by atoms with E-state index in [2.05, 4.69) is 62.4 Å². The van der Waals surface area contributed by atoms with Crippen molar-refractivity contribution in [2.45, 2.75) is 0 Å². The smallest absolute Gasteiger partial charge is 0.163 e. The monoisotopic (exact) mass is 378 g/mol. The Bertz CT molecular complexity index is 1460. The summed E-state index contributed by atoms with van der Waals surface area (Å²) in [5, 5.41) is 5.88. The standard InChI is InChI=1S/C23H14N4S/c1-2-6-19-17(5-1)18-12-15-8-11-28-21(15)13-20(18)27(19)22-7-10-25-23(26-22)16-4-3-9-24-14-16/h1-14H. The molecule has 0 fully saturated rings. The zero-order chi connectivity index (χ0) is 18.5. The van der Waals surface area contributed by atoms with Gasteiger partial charge in [-0.3, -0.25) is 9.55 Å². The molecule has 0 amide bonds. The molecule has 0 radical (unpaired) electrons. The highest BCUT2D eigenvalue weighted by atomic mass is 32.1. The summed E-state index contributed by atoms with van der Waals surface area (Å²) in [6.07, 6.45) is 5.36. The van der Waals surface area contributed by atoms with E-state index in [1.54, 1.807) is 23.7 Å². The van der Waals surface area contributed by atoms with Crippen molar-refractivity contribution in [1.29, 1.82) is 0 Å². The van der Waals surface area contributed by atoms with Crippen molar-refractivity contribution in [3.63, 3.8) is 0 Å². The molecule has 0 saturated carbocycles. The fraction of sp³-hybridized carbons (Fsp3) is 0.